The van der Waals surface area contributed by atoms with Crippen LogP contribution in [0.2, 0.25) is 0 Å². The van der Waals surface area contributed by atoms with Crippen LogP contribution in [0.15, 0.2) is 48.9 Å². The SMILES string of the molecule is Cn1ccc(-c2cc(Oc3cc(C#N)ccc3-c3ncc(CN)cn3)n(C)n2)n1. The highest BCUT2D eigenvalue weighted by atomic mass is 16.5. The molecular weight excluding hydrogens is 368 g/mol. The lowest BCUT2D eigenvalue weighted by atomic mass is 10.1. The zero-order valence-electron chi connectivity index (χ0n) is 15.9. The molecule has 144 valence electrons. The molecule has 0 fully saturated rings. The van der Waals surface area contributed by atoms with E-state index in [2.05, 4.69) is 26.2 Å². The molecule has 0 radical (unpaired) electrons. The third-order valence-electron chi connectivity index (χ3n) is 4.32. The summed E-state index contributed by atoms with van der Waals surface area (Å²) in [6, 6.07) is 10.9. The van der Waals surface area contributed by atoms with Crippen molar-refractivity contribution in [3.05, 3.63) is 60.0 Å². The Balaban J connectivity index is 1.72. The highest BCUT2D eigenvalue weighted by Crippen LogP contribution is 2.33. The summed E-state index contributed by atoms with van der Waals surface area (Å²) >= 11 is 0. The predicted octanol–water partition coefficient (Wildman–Crippen LogP) is 2.40. The van der Waals surface area contributed by atoms with Crippen molar-refractivity contribution < 1.29 is 4.74 Å². The van der Waals surface area contributed by atoms with Gasteiger partial charge in [0.25, 0.3) is 0 Å². The number of ether oxygens (including phenoxy) is 1. The van der Waals surface area contributed by atoms with E-state index in [0.29, 0.717) is 40.8 Å². The molecule has 0 unspecified atom stereocenters. The molecule has 0 bridgehead atoms. The molecule has 9 nitrogen and oxygen atoms in total. The minimum atomic E-state index is 0.363. The highest BCUT2D eigenvalue weighted by molar-refractivity contribution is 5.66. The number of hydrogen-bond acceptors (Lipinski definition) is 7. The van der Waals surface area contributed by atoms with Gasteiger partial charge in [0.15, 0.2) is 5.82 Å². The van der Waals surface area contributed by atoms with Gasteiger partial charge in [-0.15, -0.1) is 0 Å². The third kappa shape index (κ3) is 3.69. The number of nitrogens with two attached hydrogens (primary N) is 1. The maximum atomic E-state index is 9.29. The van der Waals surface area contributed by atoms with Gasteiger partial charge >= 0.3 is 0 Å². The van der Waals surface area contributed by atoms with Gasteiger partial charge in [-0.2, -0.15) is 15.5 Å². The molecule has 2 N–H and O–H groups in total. The molecule has 4 rings (SSSR count). The molecule has 4 aromatic rings. The second-order valence-electron chi connectivity index (χ2n) is 6.41. The summed E-state index contributed by atoms with van der Waals surface area (Å²) in [4.78, 5) is 8.73. The second-order valence-corrected chi connectivity index (χ2v) is 6.41. The molecule has 0 amide bonds. The molecular formula is C20H18N8O. The Kier molecular flexibility index (Phi) is 4.76. The number of hydrogen-bond donors (Lipinski definition) is 1. The summed E-state index contributed by atoms with van der Waals surface area (Å²) in [6.45, 7) is 0.363. The van der Waals surface area contributed by atoms with Crippen LogP contribution in [0.1, 0.15) is 11.1 Å². The fourth-order valence-electron chi connectivity index (χ4n) is 2.80. The molecule has 3 aromatic heterocycles. The van der Waals surface area contributed by atoms with Gasteiger partial charge in [-0.1, -0.05) is 0 Å². The van der Waals surface area contributed by atoms with Crippen LogP contribution in [0.3, 0.4) is 0 Å². The lowest BCUT2D eigenvalue weighted by Crippen LogP contribution is -2.01. The number of nitrogens with zero attached hydrogens (tertiary/aromatic N) is 7. The topological polar surface area (TPSA) is 120 Å². The summed E-state index contributed by atoms with van der Waals surface area (Å²) in [5, 5.41) is 18.1. The first-order valence-corrected chi connectivity index (χ1v) is 8.85. The first-order valence-electron chi connectivity index (χ1n) is 8.85. The summed E-state index contributed by atoms with van der Waals surface area (Å²) in [6.07, 6.45) is 5.20. The molecule has 0 aliphatic rings. The Bertz CT molecular complexity index is 1200. The number of aryl methyl sites for hydroxylation is 2. The van der Waals surface area contributed by atoms with Crippen LogP contribution in [0.4, 0.5) is 0 Å². The van der Waals surface area contributed by atoms with Crippen LogP contribution in [0.25, 0.3) is 22.8 Å². The number of nitriles is 1. The minimum Gasteiger partial charge on any atom is -0.438 e. The van der Waals surface area contributed by atoms with Crippen molar-refractivity contribution in [3.63, 3.8) is 0 Å². The van der Waals surface area contributed by atoms with E-state index in [1.54, 1.807) is 53.1 Å². The highest BCUT2D eigenvalue weighted by Gasteiger charge is 2.16. The Labute approximate surface area is 167 Å². The predicted molar refractivity (Wildman–Crippen MR) is 106 cm³/mol. The van der Waals surface area contributed by atoms with Crippen molar-refractivity contribution in [3.8, 4) is 40.5 Å². The van der Waals surface area contributed by atoms with Gasteiger partial charge in [-0.25, -0.2) is 14.6 Å². The van der Waals surface area contributed by atoms with E-state index in [9.17, 15) is 5.26 Å². The van der Waals surface area contributed by atoms with E-state index in [4.69, 9.17) is 10.5 Å². The van der Waals surface area contributed by atoms with Crippen molar-refractivity contribution in [2.75, 3.05) is 0 Å². The van der Waals surface area contributed by atoms with Crippen molar-refractivity contribution >= 4 is 0 Å². The molecule has 0 atom stereocenters. The van der Waals surface area contributed by atoms with E-state index in [1.165, 1.54) is 0 Å². The lowest BCUT2D eigenvalue weighted by Gasteiger charge is -2.11. The summed E-state index contributed by atoms with van der Waals surface area (Å²) in [5.74, 6) is 1.44. The average molecular weight is 386 g/mol. The minimum absolute atomic E-state index is 0.363. The van der Waals surface area contributed by atoms with E-state index < -0.39 is 0 Å². The van der Waals surface area contributed by atoms with Gasteiger partial charge in [0, 0.05) is 50.9 Å². The van der Waals surface area contributed by atoms with Gasteiger partial charge in [0.1, 0.15) is 17.1 Å². The molecule has 0 aliphatic heterocycles. The Morgan fingerprint density at radius 2 is 1.86 bits per heavy atom. The van der Waals surface area contributed by atoms with Crippen LogP contribution in [0.5, 0.6) is 11.6 Å². The largest absolute Gasteiger partial charge is 0.438 e. The molecule has 9 heteroatoms. The molecule has 29 heavy (non-hydrogen) atoms. The fourth-order valence-corrected chi connectivity index (χ4v) is 2.80. The van der Waals surface area contributed by atoms with Gasteiger partial charge in [-0.3, -0.25) is 4.68 Å². The number of rotatable bonds is 5. The van der Waals surface area contributed by atoms with Crippen LogP contribution in [-0.2, 0) is 20.6 Å². The van der Waals surface area contributed by atoms with Gasteiger partial charge in [-0.05, 0) is 24.3 Å². The van der Waals surface area contributed by atoms with Gasteiger partial charge in [0.2, 0.25) is 5.88 Å². The van der Waals surface area contributed by atoms with E-state index >= 15 is 0 Å². The lowest BCUT2D eigenvalue weighted by molar-refractivity contribution is 0.432. The molecule has 0 saturated carbocycles. The van der Waals surface area contributed by atoms with Crippen molar-refractivity contribution in [2.24, 2.45) is 19.8 Å². The standard InChI is InChI=1S/C20H18N8O/c1-27-6-5-16(25-27)17-8-19(28(2)26-17)29-18-7-13(9-21)3-4-15(18)20-23-11-14(10-22)12-24-20/h3-8,11-12H,10,22H2,1-2H3. The fraction of sp³-hybridized carbons (Fsp3) is 0.150. The van der Waals surface area contributed by atoms with Gasteiger partial charge in [0.05, 0.1) is 17.2 Å². The second kappa shape index (κ2) is 7.53. The van der Waals surface area contributed by atoms with Gasteiger partial charge < -0.3 is 10.5 Å². The zero-order chi connectivity index (χ0) is 20.4. The van der Waals surface area contributed by atoms with Crippen LogP contribution < -0.4 is 10.5 Å². The quantitative estimate of drug-likeness (QED) is 0.559. The van der Waals surface area contributed by atoms with Crippen molar-refractivity contribution in [2.45, 2.75) is 6.54 Å². The summed E-state index contributed by atoms with van der Waals surface area (Å²) < 4.78 is 9.44. The number of aromatic nitrogens is 6. The van der Waals surface area contributed by atoms with Crippen molar-refractivity contribution in [1.82, 2.24) is 29.5 Å². The smallest absolute Gasteiger partial charge is 0.218 e. The molecule has 1 aromatic carbocycles. The number of benzene rings is 1. The van der Waals surface area contributed by atoms with E-state index in [1.807, 2.05) is 19.3 Å². The van der Waals surface area contributed by atoms with E-state index in [0.717, 1.165) is 11.3 Å². The molecule has 0 spiro atoms. The zero-order valence-corrected chi connectivity index (χ0v) is 15.9. The Morgan fingerprint density at radius 1 is 1.07 bits per heavy atom. The van der Waals surface area contributed by atoms with Crippen LogP contribution in [0, 0.1) is 11.3 Å². The normalized spacial score (nSPS) is 10.7. The average Bonchev–Trinajstić information content (AvgIpc) is 3.34. The first kappa shape index (κ1) is 18.3. The van der Waals surface area contributed by atoms with Crippen LogP contribution >= 0.6 is 0 Å². The monoisotopic (exact) mass is 386 g/mol. The van der Waals surface area contributed by atoms with E-state index in [-0.39, 0.29) is 0 Å². The molecule has 3 heterocycles. The third-order valence-corrected chi connectivity index (χ3v) is 4.32. The maximum Gasteiger partial charge on any atom is 0.218 e. The molecule has 0 saturated heterocycles. The first-order chi connectivity index (χ1) is 14.1. The summed E-state index contributed by atoms with van der Waals surface area (Å²) in [7, 11) is 3.63. The van der Waals surface area contributed by atoms with Crippen LogP contribution in [-0.4, -0.2) is 29.5 Å². The van der Waals surface area contributed by atoms with Crippen molar-refractivity contribution in [1.29, 1.82) is 5.26 Å². The maximum absolute atomic E-state index is 9.29. The molecule has 0 aliphatic carbocycles. The Hall–Kier alpha value is -4.03. The summed E-state index contributed by atoms with van der Waals surface area (Å²) in [5.41, 5.74) is 9.00. The Morgan fingerprint density at radius 3 is 2.52 bits per heavy atom.